The number of ketones is 2. The van der Waals surface area contributed by atoms with Crippen molar-refractivity contribution in [1.82, 2.24) is 21.0 Å². The second kappa shape index (κ2) is 24.3. The van der Waals surface area contributed by atoms with Crippen LogP contribution in [-0.4, -0.2) is 112 Å². The van der Waals surface area contributed by atoms with E-state index in [0.717, 1.165) is 5.56 Å². The van der Waals surface area contributed by atoms with Gasteiger partial charge in [0.25, 0.3) is 11.8 Å². The molecule has 0 bridgehead atoms. The first-order valence-electron chi connectivity index (χ1n) is 17.2. The maximum absolute atomic E-state index is 13.6. The number of hydroxylamine groups is 2. The SMILES string of the molecule is COCCOCCCNC(=O)CCC(=O)C(CC(C)C)NC(=O)C(CC(=O)CNC(=O)OCCOC(=O)ON1C(=O)CCC1=O)Cc1ccccc1. The number of carbonyl (C=O) groups is 8. The predicted molar refractivity (Wildman–Crippen MR) is 182 cm³/mol. The van der Waals surface area contributed by atoms with Gasteiger partial charge < -0.3 is 34.9 Å². The van der Waals surface area contributed by atoms with Crippen molar-refractivity contribution in [2.45, 2.75) is 71.3 Å². The zero-order valence-corrected chi connectivity index (χ0v) is 30.0. The minimum atomic E-state index is -1.33. The topological polar surface area (TPSA) is 222 Å². The van der Waals surface area contributed by atoms with Crippen LogP contribution < -0.4 is 16.0 Å². The van der Waals surface area contributed by atoms with E-state index in [2.05, 4.69) is 25.5 Å². The third-order valence-corrected chi connectivity index (χ3v) is 7.54. The maximum Gasteiger partial charge on any atom is 0.534 e. The summed E-state index contributed by atoms with van der Waals surface area (Å²) < 4.78 is 19.8. The molecule has 0 radical (unpaired) electrons. The molecule has 0 saturated carbocycles. The van der Waals surface area contributed by atoms with Crippen molar-refractivity contribution >= 4 is 47.4 Å². The van der Waals surface area contributed by atoms with E-state index in [9.17, 15) is 38.4 Å². The van der Waals surface area contributed by atoms with Gasteiger partial charge in [0.15, 0.2) is 11.6 Å². The number of benzene rings is 1. The van der Waals surface area contributed by atoms with Crippen molar-refractivity contribution in [3.05, 3.63) is 35.9 Å². The van der Waals surface area contributed by atoms with Crippen LogP contribution in [0.5, 0.6) is 0 Å². The highest BCUT2D eigenvalue weighted by Crippen LogP contribution is 2.16. The second-order valence-corrected chi connectivity index (χ2v) is 12.4. The van der Waals surface area contributed by atoms with Crippen molar-refractivity contribution in [2.24, 2.45) is 11.8 Å². The molecule has 1 aromatic rings. The van der Waals surface area contributed by atoms with E-state index in [-0.39, 0.29) is 56.1 Å². The quantitative estimate of drug-likeness (QED) is 0.0742. The second-order valence-electron chi connectivity index (χ2n) is 12.4. The van der Waals surface area contributed by atoms with Crippen LogP contribution in [0.4, 0.5) is 9.59 Å². The van der Waals surface area contributed by atoms with Gasteiger partial charge in [0, 0.05) is 58.3 Å². The van der Waals surface area contributed by atoms with E-state index >= 15 is 0 Å². The Morgan fingerprint density at radius 3 is 2.21 bits per heavy atom. The first-order valence-corrected chi connectivity index (χ1v) is 17.2. The first-order chi connectivity index (χ1) is 24.9. The fraction of sp³-hybridized carbons (Fsp3) is 0.600. The average molecular weight is 735 g/mol. The molecule has 1 saturated heterocycles. The molecule has 0 aromatic heterocycles. The molecule has 17 heteroatoms. The fourth-order valence-corrected chi connectivity index (χ4v) is 4.92. The number of Topliss-reactive ketones (excluding diaryl/α,β-unsaturated/α-hetero) is 2. The van der Waals surface area contributed by atoms with Crippen molar-refractivity contribution in [1.29, 1.82) is 0 Å². The molecular formula is C35H50N4O13. The van der Waals surface area contributed by atoms with E-state index < -0.39 is 67.5 Å². The Morgan fingerprint density at radius 2 is 1.54 bits per heavy atom. The number of hydrogen-bond acceptors (Lipinski definition) is 13. The lowest BCUT2D eigenvalue weighted by atomic mass is 9.91. The minimum absolute atomic E-state index is 0.0418. The number of alkyl carbamates (subject to hydrolysis) is 1. The molecule has 3 N–H and O–H groups in total. The van der Waals surface area contributed by atoms with Crippen molar-refractivity contribution < 1.29 is 62.1 Å². The van der Waals surface area contributed by atoms with Crippen LogP contribution in [0.2, 0.25) is 0 Å². The highest BCUT2D eigenvalue weighted by molar-refractivity contribution is 6.01. The summed E-state index contributed by atoms with van der Waals surface area (Å²) in [5.41, 5.74) is 0.785. The van der Waals surface area contributed by atoms with E-state index in [4.69, 9.17) is 14.2 Å². The number of amides is 5. The van der Waals surface area contributed by atoms with E-state index in [0.29, 0.717) is 44.3 Å². The molecule has 52 heavy (non-hydrogen) atoms. The molecule has 1 fully saturated rings. The largest absolute Gasteiger partial charge is 0.534 e. The highest BCUT2D eigenvalue weighted by Gasteiger charge is 2.33. The Morgan fingerprint density at radius 1 is 0.846 bits per heavy atom. The van der Waals surface area contributed by atoms with E-state index in [1.54, 1.807) is 31.4 Å². The zero-order chi connectivity index (χ0) is 38.3. The Balaban J connectivity index is 1.86. The number of carbonyl (C=O) groups excluding carboxylic acids is 8. The Kier molecular flexibility index (Phi) is 20.2. The lowest BCUT2D eigenvalue weighted by Crippen LogP contribution is -2.46. The van der Waals surface area contributed by atoms with Gasteiger partial charge in [-0.05, 0) is 30.7 Å². The summed E-state index contributed by atoms with van der Waals surface area (Å²) in [7, 11) is 1.58. The van der Waals surface area contributed by atoms with Crippen molar-refractivity contribution in [3.8, 4) is 0 Å². The van der Waals surface area contributed by atoms with Crippen LogP contribution in [0.1, 0.15) is 64.4 Å². The van der Waals surface area contributed by atoms with Gasteiger partial charge in [-0.3, -0.25) is 33.6 Å². The summed E-state index contributed by atoms with van der Waals surface area (Å²) in [6, 6.07) is 8.14. The van der Waals surface area contributed by atoms with Crippen LogP contribution in [-0.2, 0) is 59.0 Å². The Bertz CT molecular complexity index is 1340. The molecule has 1 heterocycles. The Labute approximate surface area is 302 Å². The third kappa shape index (κ3) is 17.8. The number of imide groups is 1. The molecule has 1 aliphatic rings. The summed E-state index contributed by atoms with van der Waals surface area (Å²) in [6.45, 7) is 4.26. The third-order valence-electron chi connectivity index (χ3n) is 7.54. The summed E-state index contributed by atoms with van der Waals surface area (Å²) >= 11 is 0. The maximum atomic E-state index is 13.6. The number of nitrogens with one attached hydrogen (secondary N) is 3. The fourth-order valence-electron chi connectivity index (χ4n) is 4.92. The molecule has 288 valence electrons. The van der Waals surface area contributed by atoms with Gasteiger partial charge in [0.1, 0.15) is 13.2 Å². The molecule has 1 aliphatic heterocycles. The monoisotopic (exact) mass is 734 g/mol. The first kappa shape index (κ1) is 43.3. The van der Waals surface area contributed by atoms with Gasteiger partial charge in [-0.25, -0.2) is 9.59 Å². The molecule has 2 unspecified atom stereocenters. The number of rotatable bonds is 25. The Hall–Kier alpha value is -4.90. The highest BCUT2D eigenvalue weighted by atomic mass is 16.8. The predicted octanol–water partition coefficient (Wildman–Crippen LogP) is 1.80. The zero-order valence-electron chi connectivity index (χ0n) is 30.0. The van der Waals surface area contributed by atoms with Gasteiger partial charge >= 0.3 is 12.2 Å². The molecule has 2 rings (SSSR count). The summed E-state index contributed by atoms with van der Waals surface area (Å²) in [4.78, 5) is 103. The van der Waals surface area contributed by atoms with Gasteiger partial charge in [0.2, 0.25) is 11.8 Å². The lowest BCUT2D eigenvalue weighted by Gasteiger charge is -2.23. The lowest BCUT2D eigenvalue weighted by molar-refractivity contribution is -0.177. The number of ether oxygens (including phenoxy) is 4. The molecule has 17 nitrogen and oxygen atoms in total. The summed E-state index contributed by atoms with van der Waals surface area (Å²) in [5.74, 6) is -3.79. The number of methoxy groups -OCH3 is 1. The number of hydrogen-bond donors (Lipinski definition) is 3. The summed E-state index contributed by atoms with van der Waals surface area (Å²) in [5, 5.41) is 8.15. The van der Waals surface area contributed by atoms with Crippen LogP contribution >= 0.6 is 0 Å². The minimum Gasteiger partial charge on any atom is -0.446 e. The standard InChI is InChI=1S/C35H50N4O13/c1-24(2)20-28(29(41)10-11-30(42)36-14-7-15-49-17-16-48-3)38-33(45)26(21-25-8-5-4-6-9-25)22-27(40)23-37-34(46)50-18-19-51-35(47)52-39-31(43)12-13-32(39)44/h4-6,8-9,24,26,28H,7,10-23H2,1-3H3,(H,36,42)(H,37,46)(H,38,45). The van der Waals surface area contributed by atoms with Crippen molar-refractivity contribution in [3.63, 3.8) is 0 Å². The van der Waals surface area contributed by atoms with Gasteiger partial charge in [-0.15, -0.1) is 0 Å². The average Bonchev–Trinajstić information content (AvgIpc) is 3.42. The van der Waals surface area contributed by atoms with Crippen LogP contribution in [0, 0.1) is 11.8 Å². The normalized spacial score (nSPS) is 13.7. The van der Waals surface area contributed by atoms with Gasteiger partial charge in [0.05, 0.1) is 25.8 Å². The molecule has 0 aliphatic carbocycles. The molecule has 5 amide bonds. The molecule has 1 aromatic carbocycles. The van der Waals surface area contributed by atoms with Crippen LogP contribution in [0.3, 0.4) is 0 Å². The van der Waals surface area contributed by atoms with Crippen molar-refractivity contribution in [2.75, 3.05) is 53.2 Å². The number of nitrogens with zero attached hydrogens (tertiary/aromatic N) is 1. The molecule has 2 atom stereocenters. The van der Waals surface area contributed by atoms with Gasteiger partial charge in [-0.1, -0.05) is 49.2 Å². The summed E-state index contributed by atoms with van der Waals surface area (Å²) in [6.07, 6.45) is -1.75. The van der Waals surface area contributed by atoms with E-state index in [1.807, 2.05) is 19.9 Å². The van der Waals surface area contributed by atoms with Crippen LogP contribution in [0.15, 0.2) is 30.3 Å². The molecular weight excluding hydrogens is 684 g/mol. The van der Waals surface area contributed by atoms with Crippen LogP contribution in [0.25, 0.3) is 0 Å². The van der Waals surface area contributed by atoms with E-state index in [1.165, 1.54) is 0 Å². The van der Waals surface area contributed by atoms with Gasteiger partial charge in [-0.2, -0.15) is 0 Å². The smallest absolute Gasteiger partial charge is 0.446 e. The molecule has 0 spiro atoms.